The molecular formula is C27H40N2OS2. The molecule has 0 aliphatic heterocycles. The Morgan fingerprint density at radius 1 is 0.688 bits per heavy atom. The van der Waals surface area contributed by atoms with Gasteiger partial charge >= 0.3 is 0 Å². The number of nitrogens with zero attached hydrogens (tertiary/aromatic N) is 2. The van der Waals surface area contributed by atoms with Crippen LogP contribution in [0.4, 0.5) is 0 Å². The van der Waals surface area contributed by atoms with Crippen molar-refractivity contribution in [3.05, 3.63) is 30.1 Å². The van der Waals surface area contributed by atoms with Crippen molar-refractivity contribution in [2.24, 2.45) is 0 Å². The third-order valence-electron chi connectivity index (χ3n) is 5.92. The zero-order valence-electron chi connectivity index (χ0n) is 20.0. The van der Waals surface area contributed by atoms with Gasteiger partial charge in [0.05, 0.1) is 11.5 Å². The average molecular weight is 473 g/mol. The highest BCUT2D eigenvalue weighted by atomic mass is 32.1. The SMILES string of the molecule is CCCCCCCCCCCCOc1cc2sc(-c3ncc(CCCCC)cn3)cc2s1. The molecule has 0 aliphatic carbocycles. The summed E-state index contributed by atoms with van der Waals surface area (Å²) in [7, 11) is 0. The van der Waals surface area contributed by atoms with E-state index in [-0.39, 0.29) is 0 Å². The summed E-state index contributed by atoms with van der Waals surface area (Å²) in [5.41, 5.74) is 1.24. The Morgan fingerprint density at radius 3 is 1.94 bits per heavy atom. The number of hydrogen-bond donors (Lipinski definition) is 0. The zero-order chi connectivity index (χ0) is 22.4. The van der Waals surface area contributed by atoms with Crippen LogP contribution in [0.3, 0.4) is 0 Å². The van der Waals surface area contributed by atoms with Gasteiger partial charge in [-0.05, 0) is 30.9 Å². The number of hydrogen-bond acceptors (Lipinski definition) is 5. The molecule has 0 unspecified atom stereocenters. The van der Waals surface area contributed by atoms with Gasteiger partial charge in [0.1, 0.15) is 0 Å². The molecular weight excluding hydrogens is 432 g/mol. The van der Waals surface area contributed by atoms with Gasteiger partial charge in [-0.2, -0.15) is 0 Å². The summed E-state index contributed by atoms with van der Waals surface area (Å²) >= 11 is 3.51. The molecule has 0 saturated carbocycles. The quantitative estimate of drug-likeness (QED) is 0.183. The van der Waals surface area contributed by atoms with Gasteiger partial charge in [0.25, 0.3) is 0 Å². The van der Waals surface area contributed by atoms with Gasteiger partial charge < -0.3 is 4.74 Å². The number of rotatable bonds is 17. The molecule has 0 amide bonds. The van der Waals surface area contributed by atoms with Crippen LogP contribution in [-0.2, 0) is 6.42 Å². The van der Waals surface area contributed by atoms with E-state index in [1.165, 1.54) is 92.0 Å². The van der Waals surface area contributed by atoms with Gasteiger partial charge in [-0.3, -0.25) is 0 Å². The van der Waals surface area contributed by atoms with Gasteiger partial charge in [-0.15, -0.1) is 11.3 Å². The number of thiophene rings is 2. The van der Waals surface area contributed by atoms with E-state index in [9.17, 15) is 0 Å². The first-order valence-corrected chi connectivity index (χ1v) is 14.4. The van der Waals surface area contributed by atoms with Gasteiger partial charge in [-0.1, -0.05) is 95.8 Å². The molecule has 0 saturated heterocycles. The van der Waals surface area contributed by atoms with E-state index in [1.54, 1.807) is 22.7 Å². The molecule has 3 aromatic rings. The molecule has 176 valence electrons. The molecule has 5 heteroatoms. The highest BCUT2D eigenvalue weighted by Gasteiger charge is 2.11. The highest BCUT2D eigenvalue weighted by Crippen LogP contribution is 2.40. The maximum Gasteiger partial charge on any atom is 0.175 e. The van der Waals surface area contributed by atoms with Gasteiger partial charge in [-0.25, -0.2) is 9.97 Å². The minimum atomic E-state index is 0.833. The monoisotopic (exact) mass is 472 g/mol. The largest absolute Gasteiger partial charge is 0.484 e. The van der Waals surface area contributed by atoms with Crippen molar-refractivity contribution in [1.82, 2.24) is 9.97 Å². The standard InChI is InChI=1S/C27H40N2OS2/c1-3-5-7-8-9-10-11-12-13-15-17-30-26-19-24-23(32-26)18-25(31-24)27-28-20-22(21-29-27)16-14-6-4-2/h18-21H,3-17H2,1-2H3. The molecule has 3 nitrogen and oxygen atoms in total. The number of unbranched alkanes of at least 4 members (excludes halogenated alkanes) is 11. The number of ether oxygens (including phenoxy) is 1. The third-order valence-corrected chi connectivity index (χ3v) is 8.12. The second-order valence-corrected chi connectivity index (χ2v) is 10.9. The Bertz CT molecular complexity index is 853. The Morgan fingerprint density at radius 2 is 1.28 bits per heavy atom. The maximum absolute atomic E-state index is 6.02. The first kappa shape index (κ1) is 25.2. The summed E-state index contributed by atoms with van der Waals surface area (Å²) in [6.45, 7) is 5.35. The van der Waals surface area contributed by atoms with Crippen molar-refractivity contribution in [2.75, 3.05) is 6.61 Å². The number of aromatic nitrogens is 2. The molecule has 0 aromatic carbocycles. The van der Waals surface area contributed by atoms with Crippen LogP contribution in [0.1, 0.15) is 103 Å². The first-order chi connectivity index (χ1) is 15.8. The molecule has 3 heterocycles. The van der Waals surface area contributed by atoms with Crippen molar-refractivity contribution in [3.8, 4) is 15.8 Å². The third kappa shape index (κ3) is 8.47. The highest BCUT2D eigenvalue weighted by molar-refractivity contribution is 7.30. The van der Waals surface area contributed by atoms with Crippen molar-refractivity contribution < 1.29 is 4.74 Å². The van der Waals surface area contributed by atoms with Crippen molar-refractivity contribution >= 4 is 32.1 Å². The van der Waals surface area contributed by atoms with Crippen LogP contribution in [0, 0.1) is 0 Å². The molecule has 0 N–H and O–H groups in total. The number of aryl methyl sites for hydroxylation is 1. The van der Waals surface area contributed by atoms with Crippen molar-refractivity contribution in [3.63, 3.8) is 0 Å². The van der Waals surface area contributed by atoms with E-state index in [1.807, 2.05) is 12.4 Å². The fourth-order valence-electron chi connectivity index (χ4n) is 3.95. The Hall–Kier alpha value is -1.46. The Labute approximate surface area is 202 Å². The lowest BCUT2D eigenvalue weighted by Gasteiger charge is -2.04. The van der Waals surface area contributed by atoms with Crippen LogP contribution < -0.4 is 4.74 Å². The van der Waals surface area contributed by atoms with Crippen LogP contribution in [0.25, 0.3) is 20.1 Å². The number of fused-ring (bicyclic) bond motifs is 1. The fourth-order valence-corrected chi connectivity index (χ4v) is 6.15. The molecule has 0 spiro atoms. The minimum absolute atomic E-state index is 0.833. The molecule has 0 atom stereocenters. The van der Waals surface area contributed by atoms with Gasteiger partial charge in [0.2, 0.25) is 0 Å². The molecule has 0 aliphatic rings. The predicted molar refractivity (Wildman–Crippen MR) is 141 cm³/mol. The van der Waals surface area contributed by atoms with E-state index in [0.717, 1.165) is 35.2 Å². The second-order valence-electron chi connectivity index (χ2n) is 8.81. The Kier molecular flexibility index (Phi) is 11.5. The summed E-state index contributed by atoms with van der Waals surface area (Å²) in [5.74, 6) is 0.838. The molecule has 0 fully saturated rings. The van der Waals surface area contributed by atoms with Crippen LogP contribution in [0.15, 0.2) is 24.5 Å². The predicted octanol–water partition coefficient (Wildman–Crippen LogP) is 9.45. The molecule has 0 bridgehead atoms. The summed E-state index contributed by atoms with van der Waals surface area (Å²) in [6.07, 6.45) is 22.4. The van der Waals surface area contributed by atoms with Crippen LogP contribution in [-0.4, -0.2) is 16.6 Å². The van der Waals surface area contributed by atoms with E-state index >= 15 is 0 Å². The van der Waals surface area contributed by atoms with Crippen LogP contribution in [0.5, 0.6) is 5.06 Å². The summed E-state index contributed by atoms with van der Waals surface area (Å²) in [4.78, 5) is 10.4. The normalized spacial score (nSPS) is 11.4. The lowest BCUT2D eigenvalue weighted by atomic mass is 10.1. The molecule has 3 rings (SSSR count). The van der Waals surface area contributed by atoms with E-state index in [2.05, 4.69) is 35.9 Å². The smallest absolute Gasteiger partial charge is 0.175 e. The van der Waals surface area contributed by atoms with Crippen LogP contribution >= 0.6 is 22.7 Å². The average Bonchev–Trinajstić information content (AvgIpc) is 3.37. The van der Waals surface area contributed by atoms with Crippen molar-refractivity contribution in [2.45, 2.75) is 104 Å². The molecule has 3 aromatic heterocycles. The van der Waals surface area contributed by atoms with Crippen molar-refractivity contribution in [1.29, 1.82) is 0 Å². The van der Waals surface area contributed by atoms with Gasteiger partial charge in [0.15, 0.2) is 10.9 Å². The van der Waals surface area contributed by atoms with Gasteiger partial charge in [0, 0.05) is 27.9 Å². The van der Waals surface area contributed by atoms with E-state index < -0.39 is 0 Å². The topological polar surface area (TPSA) is 35.0 Å². The lowest BCUT2D eigenvalue weighted by molar-refractivity contribution is 0.313. The maximum atomic E-state index is 6.02. The molecule has 0 radical (unpaired) electrons. The Balaban J connectivity index is 1.34. The minimum Gasteiger partial charge on any atom is -0.484 e. The van der Waals surface area contributed by atoms with E-state index in [4.69, 9.17) is 4.74 Å². The molecule has 32 heavy (non-hydrogen) atoms. The summed E-state index contributed by atoms with van der Waals surface area (Å²) in [5, 5.41) is 1.04. The summed E-state index contributed by atoms with van der Waals surface area (Å²) in [6, 6.07) is 4.40. The lowest BCUT2D eigenvalue weighted by Crippen LogP contribution is -1.95. The zero-order valence-corrected chi connectivity index (χ0v) is 21.7. The fraction of sp³-hybridized carbons (Fsp3) is 0.630. The second kappa shape index (κ2) is 14.6. The van der Waals surface area contributed by atoms with E-state index in [0.29, 0.717) is 0 Å². The first-order valence-electron chi connectivity index (χ1n) is 12.8. The summed E-state index contributed by atoms with van der Waals surface area (Å²) < 4.78 is 8.58. The van der Waals surface area contributed by atoms with Crippen LogP contribution in [0.2, 0.25) is 0 Å².